The summed E-state index contributed by atoms with van der Waals surface area (Å²) in [5, 5.41) is 13.3. The lowest BCUT2D eigenvalue weighted by atomic mass is 10.1. The number of carbonyl (C=O) groups excluding carboxylic acids is 1. The molecule has 142 valence electrons. The van der Waals surface area contributed by atoms with Crippen LogP contribution in [-0.2, 0) is 18.4 Å². The van der Waals surface area contributed by atoms with Gasteiger partial charge in [0.1, 0.15) is 29.5 Å². The lowest BCUT2D eigenvalue weighted by Gasteiger charge is -2.14. The number of benzene rings is 1. The van der Waals surface area contributed by atoms with E-state index in [0.717, 1.165) is 5.82 Å². The van der Waals surface area contributed by atoms with Gasteiger partial charge in [0.25, 0.3) is 5.91 Å². The van der Waals surface area contributed by atoms with Crippen molar-refractivity contribution in [1.29, 1.82) is 0 Å². The molecule has 0 radical (unpaired) electrons. The first-order chi connectivity index (χ1) is 13.0. The molecule has 27 heavy (non-hydrogen) atoms. The number of amides is 1. The normalized spacial score (nSPS) is 19.5. The van der Waals surface area contributed by atoms with E-state index in [0.29, 0.717) is 41.3 Å². The molecule has 1 aliphatic heterocycles. The van der Waals surface area contributed by atoms with Gasteiger partial charge in [0, 0.05) is 24.8 Å². The second-order valence-electron chi connectivity index (χ2n) is 6.62. The molecule has 1 aromatic carbocycles. The Morgan fingerprint density at radius 3 is 3.00 bits per heavy atom. The van der Waals surface area contributed by atoms with Gasteiger partial charge < -0.3 is 28.9 Å². The quantitative estimate of drug-likeness (QED) is 0.706. The van der Waals surface area contributed by atoms with Crippen LogP contribution in [0.2, 0.25) is 0 Å². The van der Waals surface area contributed by atoms with Crippen molar-refractivity contribution in [2.45, 2.75) is 25.7 Å². The zero-order valence-corrected chi connectivity index (χ0v) is 15.1. The fourth-order valence-corrected chi connectivity index (χ4v) is 3.18. The third kappa shape index (κ3) is 3.41. The van der Waals surface area contributed by atoms with Gasteiger partial charge >= 0.3 is 0 Å². The number of furan rings is 1. The van der Waals surface area contributed by atoms with Crippen molar-refractivity contribution < 1.29 is 23.8 Å². The molecule has 0 aliphatic carbocycles. The highest BCUT2D eigenvalue weighted by atomic mass is 16.5. The van der Waals surface area contributed by atoms with Crippen molar-refractivity contribution in [2.24, 2.45) is 7.05 Å². The first-order valence-corrected chi connectivity index (χ1v) is 8.71. The highest BCUT2D eigenvalue weighted by molar-refractivity contribution is 6.07. The number of aromatic nitrogens is 2. The number of hydrogen-bond acceptors (Lipinski definition) is 6. The molecule has 2 atom stereocenters. The molecule has 2 N–H and O–H groups in total. The number of aryl methyl sites for hydroxylation is 2. The second kappa shape index (κ2) is 7.05. The van der Waals surface area contributed by atoms with Gasteiger partial charge in [-0.15, -0.1) is 0 Å². The number of rotatable bonds is 5. The Hall–Kier alpha value is -2.84. The lowest BCUT2D eigenvalue weighted by Crippen LogP contribution is -2.42. The Morgan fingerprint density at radius 2 is 2.30 bits per heavy atom. The van der Waals surface area contributed by atoms with Crippen LogP contribution in [0.4, 0.5) is 0 Å². The number of aliphatic hydroxyl groups excluding tert-OH is 1. The van der Waals surface area contributed by atoms with Gasteiger partial charge in [-0.2, -0.15) is 0 Å². The van der Waals surface area contributed by atoms with Crippen molar-refractivity contribution in [3.05, 3.63) is 47.7 Å². The average molecular weight is 371 g/mol. The highest BCUT2D eigenvalue weighted by Gasteiger charge is 2.29. The third-order valence-electron chi connectivity index (χ3n) is 4.72. The van der Waals surface area contributed by atoms with Crippen LogP contribution in [0.1, 0.15) is 21.9 Å². The monoisotopic (exact) mass is 371 g/mol. The molecule has 0 bridgehead atoms. The summed E-state index contributed by atoms with van der Waals surface area (Å²) in [4.78, 5) is 17.0. The maximum atomic E-state index is 12.8. The molecule has 1 aliphatic rings. The van der Waals surface area contributed by atoms with Crippen LogP contribution in [0.5, 0.6) is 5.75 Å². The molecule has 1 saturated heterocycles. The first-order valence-electron chi connectivity index (χ1n) is 8.71. The molecular weight excluding hydrogens is 350 g/mol. The smallest absolute Gasteiger partial charge is 0.255 e. The Bertz CT molecular complexity index is 977. The van der Waals surface area contributed by atoms with Crippen molar-refractivity contribution in [1.82, 2.24) is 14.9 Å². The minimum absolute atomic E-state index is 0.223. The standard InChI is InChI=1S/C19H21N3O5/c1-11-18(19(24)21-14-8-25-9-15(14)23)13-7-12(3-4-16(13)27-11)26-10-17-20-5-6-22(17)2/h3-7,14-15,23H,8-10H2,1-2H3,(H,21,24)/t14-,15+/m0/s1. The Morgan fingerprint density at radius 1 is 1.44 bits per heavy atom. The molecule has 8 nitrogen and oxygen atoms in total. The zero-order valence-electron chi connectivity index (χ0n) is 15.1. The van der Waals surface area contributed by atoms with E-state index in [-0.39, 0.29) is 12.5 Å². The van der Waals surface area contributed by atoms with E-state index in [9.17, 15) is 9.90 Å². The molecule has 0 unspecified atom stereocenters. The van der Waals surface area contributed by atoms with Crippen LogP contribution in [0, 0.1) is 6.92 Å². The number of nitrogens with one attached hydrogen (secondary N) is 1. The number of carbonyl (C=O) groups is 1. The Labute approximate surface area is 155 Å². The molecule has 3 heterocycles. The molecule has 8 heteroatoms. The number of fused-ring (bicyclic) bond motifs is 1. The van der Waals surface area contributed by atoms with Crippen molar-refractivity contribution in [2.75, 3.05) is 13.2 Å². The van der Waals surface area contributed by atoms with E-state index < -0.39 is 12.1 Å². The van der Waals surface area contributed by atoms with E-state index in [2.05, 4.69) is 10.3 Å². The van der Waals surface area contributed by atoms with Crippen LogP contribution < -0.4 is 10.1 Å². The molecule has 4 rings (SSSR count). The van der Waals surface area contributed by atoms with Gasteiger partial charge in [0.2, 0.25) is 0 Å². The van der Waals surface area contributed by atoms with E-state index >= 15 is 0 Å². The van der Waals surface area contributed by atoms with Gasteiger partial charge in [0.15, 0.2) is 0 Å². The van der Waals surface area contributed by atoms with Crippen molar-refractivity contribution in [3.8, 4) is 5.75 Å². The maximum absolute atomic E-state index is 12.8. The third-order valence-corrected chi connectivity index (χ3v) is 4.72. The van der Waals surface area contributed by atoms with Crippen LogP contribution >= 0.6 is 0 Å². The summed E-state index contributed by atoms with van der Waals surface area (Å²) in [5.41, 5.74) is 1.04. The topological polar surface area (TPSA) is 98.8 Å². The molecule has 0 spiro atoms. The fraction of sp³-hybridized carbons (Fsp3) is 0.368. The number of hydrogen-bond donors (Lipinski definition) is 2. The number of imidazole rings is 1. The molecule has 0 saturated carbocycles. The number of nitrogens with zero attached hydrogens (tertiary/aromatic N) is 2. The summed E-state index contributed by atoms with van der Waals surface area (Å²) < 4.78 is 18.6. The minimum atomic E-state index is -0.705. The minimum Gasteiger partial charge on any atom is -0.486 e. The first kappa shape index (κ1) is 17.6. The number of aliphatic hydroxyl groups is 1. The van der Waals surface area contributed by atoms with Gasteiger partial charge in [0.05, 0.1) is 30.9 Å². The summed E-state index contributed by atoms with van der Waals surface area (Å²) >= 11 is 0. The van der Waals surface area contributed by atoms with E-state index in [1.807, 2.05) is 17.8 Å². The van der Waals surface area contributed by atoms with E-state index in [1.165, 1.54) is 0 Å². The second-order valence-corrected chi connectivity index (χ2v) is 6.62. The largest absolute Gasteiger partial charge is 0.486 e. The number of ether oxygens (including phenoxy) is 2. The maximum Gasteiger partial charge on any atom is 0.255 e. The Balaban J connectivity index is 1.57. The summed E-state index contributed by atoms with van der Waals surface area (Å²) in [6.45, 7) is 2.57. The molecule has 2 aromatic heterocycles. The fourth-order valence-electron chi connectivity index (χ4n) is 3.18. The zero-order chi connectivity index (χ0) is 19.0. The summed E-state index contributed by atoms with van der Waals surface area (Å²) in [7, 11) is 1.90. The molecule has 1 amide bonds. The predicted molar refractivity (Wildman–Crippen MR) is 96.6 cm³/mol. The molecule has 1 fully saturated rings. The predicted octanol–water partition coefficient (Wildman–Crippen LogP) is 1.54. The van der Waals surface area contributed by atoms with Gasteiger partial charge in [-0.1, -0.05) is 0 Å². The lowest BCUT2D eigenvalue weighted by molar-refractivity contribution is 0.0886. The summed E-state index contributed by atoms with van der Waals surface area (Å²) in [6.07, 6.45) is 2.86. The highest BCUT2D eigenvalue weighted by Crippen LogP contribution is 2.29. The van der Waals surface area contributed by atoms with E-state index in [4.69, 9.17) is 13.9 Å². The van der Waals surface area contributed by atoms with Gasteiger partial charge in [-0.3, -0.25) is 4.79 Å². The SMILES string of the molecule is Cc1oc2ccc(OCc3nccn3C)cc2c1C(=O)N[C@H]1COC[C@H]1O. The van der Waals surface area contributed by atoms with Gasteiger partial charge in [-0.25, -0.2) is 4.98 Å². The molecule has 3 aromatic rings. The van der Waals surface area contributed by atoms with E-state index in [1.54, 1.807) is 31.3 Å². The average Bonchev–Trinajstić information content (AvgIpc) is 3.31. The van der Waals surface area contributed by atoms with Crippen molar-refractivity contribution >= 4 is 16.9 Å². The van der Waals surface area contributed by atoms with Gasteiger partial charge in [-0.05, 0) is 25.1 Å². The molecular formula is C19H21N3O5. The summed E-state index contributed by atoms with van der Waals surface area (Å²) in [5.74, 6) is 1.62. The van der Waals surface area contributed by atoms with Crippen molar-refractivity contribution in [3.63, 3.8) is 0 Å². The van der Waals surface area contributed by atoms with Crippen LogP contribution in [-0.4, -0.2) is 45.9 Å². The summed E-state index contributed by atoms with van der Waals surface area (Å²) in [6, 6.07) is 4.93. The van der Waals surface area contributed by atoms with Crippen LogP contribution in [0.3, 0.4) is 0 Å². The van der Waals surface area contributed by atoms with Crippen LogP contribution in [0.25, 0.3) is 11.0 Å². The van der Waals surface area contributed by atoms with Crippen LogP contribution in [0.15, 0.2) is 35.0 Å². The Kier molecular flexibility index (Phi) is 4.59.